The molecule has 100 valence electrons. The Morgan fingerprint density at radius 3 is 2.31 bits per heavy atom. The fourth-order valence-corrected chi connectivity index (χ4v) is 0.962. The Morgan fingerprint density at radius 2 is 1.88 bits per heavy atom. The van der Waals surface area contributed by atoms with E-state index >= 15 is 0 Å². The molecule has 0 rings (SSSR count). The highest BCUT2D eigenvalue weighted by Crippen LogP contribution is 1.92. The molecule has 1 amide bonds. The minimum absolute atomic E-state index is 0. The van der Waals surface area contributed by atoms with E-state index in [0.29, 0.717) is 19.1 Å². The molecule has 16 heavy (non-hydrogen) atoms. The summed E-state index contributed by atoms with van der Waals surface area (Å²) in [6.07, 6.45) is 1.94. The Hall–Kier alpha value is -0.0300. The molecule has 0 heterocycles. The predicted molar refractivity (Wildman–Crippen MR) is 73.6 cm³/mol. The van der Waals surface area contributed by atoms with Crippen LogP contribution >= 0.6 is 24.8 Å². The van der Waals surface area contributed by atoms with Crippen LogP contribution < -0.4 is 11.1 Å². The van der Waals surface area contributed by atoms with E-state index in [2.05, 4.69) is 19.2 Å². The second-order valence-electron chi connectivity index (χ2n) is 3.85. The Kier molecular flexibility index (Phi) is 17.3. The quantitative estimate of drug-likeness (QED) is 0.682. The predicted octanol–water partition coefficient (Wildman–Crippen LogP) is 1.03. The van der Waals surface area contributed by atoms with Gasteiger partial charge in [-0.1, -0.05) is 0 Å². The number of nitrogens with one attached hydrogen (secondary N) is 1. The monoisotopic (exact) mass is 273 g/mol. The Morgan fingerprint density at radius 1 is 1.31 bits per heavy atom. The van der Waals surface area contributed by atoms with Crippen molar-refractivity contribution in [3.8, 4) is 0 Å². The molecule has 0 spiro atoms. The number of carbonyl (C=O) groups excluding carboxylic acids is 1. The number of unbranched alkanes of at least 4 members (excludes halogenated alkanes) is 1. The number of likely N-dealkylation sites (N-methyl/N-ethyl adjacent to an activating group) is 1. The van der Waals surface area contributed by atoms with Crippen LogP contribution in [0, 0.1) is 0 Å². The van der Waals surface area contributed by atoms with E-state index in [1.54, 1.807) is 0 Å². The van der Waals surface area contributed by atoms with E-state index < -0.39 is 0 Å². The molecular formula is C10H25Cl2N3O. The summed E-state index contributed by atoms with van der Waals surface area (Å²) in [5, 5.41) is 2.87. The molecule has 0 saturated carbocycles. The van der Waals surface area contributed by atoms with Crippen LogP contribution in [0.15, 0.2) is 0 Å². The van der Waals surface area contributed by atoms with E-state index in [1.165, 1.54) is 0 Å². The third kappa shape index (κ3) is 12.0. The molecule has 0 bridgehead atoms. The minimum Gasteiger partial charge on any atom is -0.355 e. The van der Waals surface area contributed by atoms with E-state index in [4.69, 9.17) is 5.73 Å². The molecule has 6 heteroatoms. The molecule has 0 aliphatic rings. The maximum absolute atomic E-state index is 11.3. The largest absolute Gasteiger partial charge is 0.355 e. The lowest BCUT2D eigenvalue weighted by Gasteiger charge is -2.20. The zero-order chi connectivity index (χ0) is 11.0. The molecule has 0 atom stereocenters. The molecule has 0 aromatic heterocycles. The smallest absolute Gasteiger partial charge is 0.234 e. The van der Waals surface area contributed by atoms with Crippen molar-refractivity contribution in [2.75, 3.05) is 26.7 Å². The summed E-state index contributed by atoms with van der Waals surface area (Å²) in [5.41, 5.74) is 5.34. The number of rotatable bonds is 7. The van der Waals surface area contributed by atoms with Crippen LogP contribution in [-0.2, 0) is 4.79 Å². The SMILES string of the molecule is CC(C)N(C)CC(=O)NCCCCN.Cl.Cl. The summed E-state index contributed by atoms with van der Waals surface area (Å²) >= 11 is 0. The minimum atomic E-state index is 0. The van der Waals surface area contributed by atoms with Gasteiger partial charge in [-0.15, -0.1) is 24.8 Å². The standard InChI is InChI=1S/C10H23N3O.2ClH/c1-9(2)13(3)8-10(14)12-7-5-4-6-11;;/h9H,4-8,11H2,1-3H3,(H,12,14);2*1H. The summed E-state index contributed by atoms with van der Waals surface area (Å²) < 4.78 is 0. The highest BCUT2D eigenvalue weighted by Gasteiger charge is 2.07. The van der Waals surface area contributed by atoms with Gasteiger partial charge >= 0.3 is 0 Å². The average Bonchev–Trinajstić information content (AvgIpc) is 2.12. The van der Waals surface area contributed by atoms with Gasteiger partial charge in [-0.3, -0.25) is 9.69 Å². The van der Waals surface area contributed by atoms with Crippen LogP contribution in [0.3, 0.4) is 0 Å². The summed E-state index contributed by atoms with van der Waals surface area (Å²) in [5.74, 6) is 0.0956. The van der Waals surface area contributed by atoms with Gasteiger partial charge in [0.05, 0.1) is 6.54 Å². The highest BCUT2D eigenvalue weighted by molar-refractivity contribution is 5.85. The second kappa shape index (κ2) is 13.0. The van der Waals surface area contributed by atoms with E-state index in [1.807, 2.05) is 11.9 Å². The van der Waals surface area contributed by atoms with Crippen molar-refractivity contribution < 1.29 is 4.79 Å². The maximum Gasteiger partial charge on any atom is 0.234 e. The Labute approximate surface area is 111 Å². The van der Waals surface area contributed by atoms with E-state index in [9.17, 15) is 4.79 Å². The number of halogens is 2. The van der Waals surface area contributed by atoms with Crippen LogP contribution in [0.5, 0.6) is 0 Å². The summed E-state index contributed by atoms with van der Waals surface area (Å²) in [6, 6.07) is 0.407. The van der Waals surface area contributed by atoms with Crippen molar-refractivity contribution in [3.63, 3.8) is 0 Å². The average molecular weight is 274 g/mol. The molecule has 0 aliphatic heterocycles. The first kappa shape index (κ1) is 21.3. The van der Waals surface area contributed by atoms with Gasteiger partial charge in [-0.25, -0.2) is 0 Å². The number of amides is 1. The molecular weight excluding hydrogens is 249 g/mol. The van der Waals surface area contributed by atoms with Gasteiger partial charge in [-0.2, -0.15) is 0 Å². The van der Waals surface area contributed by atoms with Crippen molar-refractivity contribution >= 4 is 30.7 Å². The fourth-order valence-electron chi connectivity index (χ4n) is 0.962. The lowest BCUT2D eigenvalue weighted by Crippen LogP contribution is -2.38. The summed E-state index contributed by atoms with van der Waals surface area (Å²) in [7, 11) is 1.95. The lowest BCUT2D eigenvalue weighted by atomic mass is 10.3. The van der Waals surface area contributed by atoms with Crippen LogP contribution in [0.4, 0.5) is 0 Å². The van der Waals surface area contributed by atoms with Crippen molar-refractivity contribution in [3.05, 3.63) is 0 Å². The molecule has 0 radical (unpaired) electrons. The van der Waals surface area contributed by atoms with Crippen LogP contribution in [0.1, 0.15) is 26.7 Å². The van der Waals surface area contributed by atoms with Crippen molar-refractivity contribution in [2.24, 2.45) is 5.73 Å². The number of hydrogen-bond donors (Lipinski definition) is 2. The summed E-state index contributed by atoms with van der Waals surface area (Å²) in [4.78, 5) is 13.3. The molecule has 0 fully saturated rings. The Bertz CT molecular complexity index is 168. The van der Waals surface area contributed by atoms with Crippen molar-refractivity contribution in [1.29, 1.82) is 0 Å². The highest BCUT2D eigenvalue weighted by atomic mass is 35.5. The third-order valence-corrected chi connectivity index (χ3v) is 2.23. The van der Waals surface area contributed by atoms with Gasteiger partial charge in [0.15, 0.2) is 0 Å². The molecule has 0 saturated heterocycles. The van der Waals surface area contributed by atoms with Gasteiger partial charge in [0.1, 0.15) is 0 Å². The van der Waals surface area contributed by atoms with Crippen LogP contribution in [-0.4, -0.2) is 43.5 Å². The van der Waals surface area contributed by atoms with Gasteiger partial charge in [0.25, 0.3) is 0 Å². The molecule has 0 aliphatic carbocycles. The first-order valence-corrected chi connectivity index (χ1v) is 5.25. The zero-order valence-electron chi connectivity index (χ0n) is 10.4. The van der Waals surface area contributed by atoms with Gasteiger partial charge in [-0.05, 0) is 40.3 Å². The summed E-state index contributed by atoms with van der Waals surface area (Å²) in [6.45, 7) is 6.05. The molecule has 3 N–H and O–H groups in total. The molecule has 0 unspecified atom stereocenters. The lowest BCUT2D eigenvalue weighted by molar-refractivity contribution is -0.122. The topological polar surface area (TPSA) is 58.4 Å². The molecule has 0 aromatic carbocycles. The number of carbonyl (C=O) groups is 1. The van der Waals surface area contributed by atoms with Gasteiger partial charge in [0.2, 0.25) is 5.91 Å². The number of nitrogens with zero attached hydrogens (tertiary/aromatic N) is 1. The second-order valence-corrected chi connectivity index (χ2v) is 3.85. The van der Waals surface area contributed by atoms with Crippen molar-refractivity contribution in [1.82, 2.24) is 10.2 Å². The van der Waals surface area contributed by atoms with Gasteiger partial charge < -0.3 is 11.1 Å². The first-order chi connectivity index (χ1) is 6.57. The van der Waals surface area contributed by atoms with Crippen molar-refractivity contribution in [2.45, 2.75) is 32.7 Å². The van der Waals surface area contributed by atoms with Crippen LogP contribution in [0.2, 0.25) is 0 Å². The van der Waals surface area contributed by atoms with Gasteiger partial charge in [0, 0.05) is 12.6 Å². The van der Waals surface area contributed by atoms with Crippen LogP contribution in [0.25, 0.3) is 0 Å². The van der Waals surface area contributed by atoms with E-state index in [0.717, 1.165) is 19.4 Å². The first-order valence-electron chi connectivity index (χ1n) is 5.25. The number of hydrogen-bond acceptors (Lipinski definition) is 3. The third-order valence-electron chi connectivity index (χ3n) is 2.23. The fraction of sp³-hybridized carbons (Fsp3) is 0.900. The number of nitrogens with two attached hydrogens (primary N) is 1. The molecule has 0 aromatic rings. The maximum atomic E-state index is 11.3. The zero-order valence-corrected chi connectivity index (χ0v) is 12.0. The van der Waals surface area contributed by atoms with E-state index in [-0.39, 0.29) is 30.7 Å². The Balaban J connectivity index is -0.000000845. The normalized spacial score (nSPS) is 9.62. The molecule has 4 nitrogen and oxygen atoms in total.